The van der Waals surface area contributed by atoms with Gasteiger partial charge in [0.15, 0.2) is 0 Å². The molecule has 0 saturated heterocycles. The molecule has 5 heteroatoms. The molecule has 0 unspecified atom stereocenters. The number of benzene rings is 1. The molecule has 108 valence electrons. The van der Waals surface area contributed by atoms with E-state index in [2.05, 4.69) is 22.3 Å². The van der Waals surface area contributed by atoms with E-state index in [1.54, 1.807) is 29.9 Å². The number of amides is 1. The summed E-state index contributed by atoms with van der Waals surface area (Å²) in [6, 6.07) is 7.22. The monoisotopic (exact) mass is 283 g/mol. The van der Waals surface area contributed by atoms with Crippen LogP contribution < -0.4 is 5.32 Å². The number of carbonyl (C=O) groups is 1. The van der Waals surface area contributed by atoms with Gasteiger partial charge in [-0.25, -0.2) is 0 Å². The molecule has 0 saturated carbocycles. The summed E-state index contributed by atoms with van der Waals surface area (Å²) in [4.78, 5) is 12.2. The van der Waals surface area contributed by atoms with Gasteiger partial charge in [-0.05, 0) is 43.7 Å². The highest BCUT2D eigenvalue weighted by atomic mass is 16.2. The lowest BCUT2D eigenvalue weighted by Gasteiger charge is -2.08. The Balaban J connectivity index is 2.20. The van der Waals surface area contributed by atoms with E-state index in [1.807, 2.05) is 19.9 Å². The predicted octanol–water partition coefficient (Wildman–Crippen LogP) is 1.63. The third-order valence-corrected chi connectivity index (χ3v) is 3.02. The molecule has 2 N–H and O–H groups in total. The van der Waals surface area contributed by atoms with Gasteiger partial charge >= 0.3 is 0 Å². The van der Waals surface area contributed by atoms with Crippen LogP contribution >= 0.6 is 0 Å². The standard InChI is InChI=1S/C16H17N3O2/c1-11-9-13(5-4-8-20)6-7-14(11)17-16(21)15-10-12(2)18-19(15)3/h6-7,9-10,20H,8H2,1-3H3,(H,17,21). The summed E-state index contributed by atoms with van der Waals surface area (Å²) in [6.07, 6.45) is 0. The Kier molecular flexibility index (Phi) is 4.41. The molecule has 0 fully saturated rings. The number of rotatable bonds is 2. The summed E-state index contributed by atoms with van der Waals surface area (Å²) in [5.74, 6) is 5.23. The molecule has 0 aliphatic rings. The van der Waals surface area contributed by atoms with Crippen molar-refractivity contribution in [2.24, 2.45) is 7.05 Å². The third kappa shape index (κ3) is 3.50. The second kappa shape index (κ2) is 6.25. The Morgan fingerprint density at radius 2 is 2.14 bits per heavy atom. The normalized spacial score (nSPS) is 9.90. The van der Waals surface area contributed by atoms with Gasteiger partial charge in [-0.3, -0.25) is 9.48 Å². The van der Waals surface area contributed by atoms with Crippen LogP contribution in [0.3, 0.4) is 0 Å². The van der Waals surface area contributed by atoms with Crippen molar-refractivity contribution in [2.75, 3.05) is 11.9 Å². The molecule has 0 atom stereocenters. The average Bonchev–Trinajstić information content (AvgIpc) is 2.78. The molecule has 1 aromatic heterocycles. The molecule has 1 aromatic carbocycles. The fourth-order valence-electron chi connectivity index (χ4n) is 2.03. The summed E-state index contributed by atoms with van der Waals surface area (Å²) in [5.41, 5.74) is 3.75. The Morgan fingerprint density at radius 1 is 1.38 bits per heavy atom. The molecule has 0 radical (unpaired) electrons. The number of carbonyl (C=O) groups excluding carboxylic acids is 1. The van der Waals surface area contributed by atoms with Gasteiger partial charge in [0.25, 0.3) is 5.91 Å². The summed E-state index contributed by atoms with van der Waals surface area (Å²) < 4.78 is 1.56. The Bertz CT molecular complexity index is 736. The molecule has 1 heterocycles. The molecular weight excluding hydrogens is 266 g/mol. The average molecular weight is 283 g/mol. The quantitative estimate of drug-likeness (QED) is 0.823. The van der Waals surface area contributed by atoms with Gasteiger partial charge in [0.1, 0.15) is 12.3 Å². The van der Waals surface area contributed by atoms with Crippen molar-refractivity contribution in [3.63, 3.8) is 0 Å². The molecular formula is C16H17N3O2. The Hall–Kier alpha value is -2.58. The van der Waals surface area contributed by atoms with E-state index in [0.29, 0.717) is 5.69 Å². The van der Waals surface area contributed by atoms with Crippen molar-refractivity contribution >= 4 is 11.6 Å². The molecule has 0 spiro atoms. The highest BCUT2D eigenvalue weighted by molar-refractivity contribution is 6.03. The maximum absolute atomic E-state index is 12.2. The van der Waals surface area contributed by atoms with E-state index in [0.717, 1.165) is 22.5 Å². The van der Waals surface area contributed by atoms with E-state index in [9.17, 15) is 4.79 Å². The van der Waals surface area contributed by atoms with Gasteiger partial charge < -0.3 is 10.4 Å². The predicted molar refractivity (Wildman–Crippen MR) is 81.0 cm³/mol. The zero-order valence-corrected chi connectivity index (χ0v) is 12.3. The number of hydrogen-bond acceptors (Lipinski definition) is 3. The third-order valence-electron chi connectivity index (χ3n) is 3.02. The van der Waals surface area contributed by atoms with Crippen molar-refractivity contribution in [2.45, 2.75) is 13.8 Å². The maximum atomic E-state index is 12.2. The van der Waals surface area contributed by atoms with E-state index in [4.69, 9.17) is 5.11 Å². The zero-order chi connectivity index (χ0) is 15.4. The van der Waals surface area contributed by atoms with Gasteiger partial charge in [-0.15, -0.1) is 0 Å². The van der Waals surface area contributed by atoms with Crippen LogP contribution in [0.4, 0.5) is 5.69 Å². The first kappa shape index (κ1) is 14.8. The number of nitrogens with one attached hydrogen (secondary N) is 1. The van der Waals surface area contributed by atoms with Crippen molar-refractivity contribution in [3.8, 4) is 11.8 Å². The first-order valence-electron chi connectivity index (χ1n) is 6.53. The largest absolute Gasteiger partial charge is 0.384 e. The van der Waals surface area contributed by atoms with Gasteiger partial charge in [-0.1, -0.05) is 11.8 Å². The molecule has 5 nitrogen and oxygen atoms in total. The number of aliphatic hydroxyl groups is 1. The van der Waals surface area contributed by atoms with Crippen molar-refractivity contribution < 1.29 is 9.90 Å². The Labute approximate surface area is 123 Å². The number of hydrogen-bond donors (Lipinski definition) is 2. The molecule has 1 amide bonds. The van der Waals surface area contributed by atoms with Crippen LogP contribution in [0.15, 0.2) is 24.3 Å². The lowest BCUT2D eigenvalue weighted by atomic mass is 10.1. The highest BCUT2D eigenvalue weighted by Gasteiger charge is 2.12. The second-order valence-electron chi connectivity index (χ2n) is 4.74. The molecule has 21 heavy (non-hydrogen) atoms. The molecule has 0 aliphatic carbocycles. The first-order chi connectivity index (χ1) is 10.0. The molecule has 2 aromatic rings. The van der Waals surface area contributed by atoms with Crippen LogP contribution in [0, 0.1) is 25.7 Å². The topological polar surface area (TPSA) is 67.2 Å². The number of nitrogens with zero attached hydrogens (tertiary/aromatic N) is 2. The maximum Gasteiger partial charge on any atom is 0.273 e. The Morgan fingerprint density at radius 3 is 2.71 bits per heavy atom. The van der Waals surface area contributed by atoms with Gasteiger partial charge in [0.05, 0.1) is 5.69 Å². The van der Waals surface area contributed by atoms with Crippen molar-refractivity contribution in [3.05, 3.63) is 46.8 Å². The minimum atomic E-state index is -0.199. The van der Waals surface area contributed by atoms with Crippen molar-refractivity contribution in [1.82, 2.24) is 9.78 Å². The zero-order valence-electron chi connectivity index (χ0n) is 12.3. The molecule has 0 aliphatic heterocycles. The van der Waals surface area contributed by atoms with E-state index < -0.39 is 0 Å². The summed E-state index contributed by atoms with van der Waals surface area (Å²) in [7, 11) is 1.74. The minimum absolute atomic E-state index is 0.169. The SMILES string of the molecule is Cc1cc(C(=O)Nc2ccc(C#CCO)cc2C)n(C)n1. The van der Waals surface area contributed by atoms with Crippen LogP contribution in [0.5, 0.6) is 0 Å². The highest BCUT2D eigenvalue weighted by Crippen LogP contribution is 2.17. The summed E-state index contributed by atoms with van der Waals surface area (Å²) in [6.45, 7) is 3.57. The van der Waals surface area contributed by atoms with Crippen molar-refractivity contribution in [1.29, 1.82) is 0 Å². The van der Waals surface area contributed by atoms with Crippen LogP contribution in [-0.4, -0.2) is 27.4 Å². The molecule has 0 bridgehead atoms. The van der Waals surface area contributed by atoms with Gasteiger partial charge in [-0.2, -0.15) is 5.10 Å². The van der Waals surface area contributed by atoms with Crippen LogP contribution in [0.1, 0.15) is 27.3 Å². The van der Waals surface area contributed by atoms with Crippen LogP contribution in [-0.2, 0) is 7.05 Å². The van der Waals surface area contributed by atoms with E-state index in [-0.39, 0.29) is 12.5 Å². The van der Waals surface area contributed by atoms with Crippen LogP contribution in [0.25, 0.3) is 0 Å². The number of aryl methyl sites for hydroxylation is 3. The smallest absolute Gasteiger partial charge is 0.273 e. The number of anilines is 1. The van der Waals surface area contributed by atoms with Gasteiger partial charge in [0.2, 0.25) is 0 Å². The van der Waals surface area contributed by atoms with E-state index >= 15 is 0 Å². The fraction of sp³-hybridized carbons (Fsp3) is 0.250. The fourth-order valence-corrected chi connectivity index (χ4v) is 2.03. The second-order valence-corrected chi connectivity index (χ2v) is 4.74. The molecule has 2 rings (SSSR count). The minimum Gasteiger partial charge on any atom is -0.384 e. The lowest BCUT2D eigenvalue weighted by Crippen LogP contribution is -2.16. The van der Waals surface area contributed by atoms with E-state index in [1.165, 1.54) is 0 Å². The van der Waals surface area contributed by atoms with Crippen LogP contribution in [0.2, 0.25) is 0 Å². The lowest BCUT2D eigenvalue weighted by molar-refractivity contribution is 0.101. The number of aliphatic hydroxyl groups excluding tert-OH is 1. The first-order valence-corrected chi connectivity index (χ1v) is 6.53. The van der Waals surface area contributed by atoms with Gasteiger partial charge in [0, 0.05) is 18.3 Å². The number of aromatic nitrogens is 2. The summed E-state index contributed by atoms with van der Waals surface area (Å²) in [5, 5.41) is 15.7. The summed E-state index contributed by atoms with van der Waals surface area (Å²) >= 11 is 0.